The highest BCUT2D eigenvalue weighted by atomic mass is 32.2. The molecule has 1 atom stereocenters. The van der Waals surface area contributed by atoms with Gasteiger partial charge in [-0.15, -0.1) is 0 Å². The van der Waals surface area contributed by atoms with E-state index in [2.05, 4.69) is 10.3 Å². The molecular formula is C15H18N4O4S. The number of nitro groups is 1. The molecule has 2 heterocycles. The zero-order valence-corrected chi connectivity index (χ0v) is 14.0. The largest absolute Gasteiger partial charge is 0.380 e. The van der Waals surface area contributed by atoms with Crippen molar-refractivity contribution in [2.75, 3.05) is 24.7 Å². The van der Waals surface area contributed by atoms with Crippen LogP contribution in [0.2, 0.25) is 0 Å². The van der Waals surface area contributed by atoms with E-state index in [1.54, 1.807) is 18.3 Å². The van der Waals surface area contributed by atoms with Gasteiger partial charge < -0.3 is 5.32 Å². The van der Waals surface area contributed by atoms with Crippen molar-refractivity contribution in [2.45, 2.75) is 18.9 Å². The van der Waals surface area contributed by atoms with Gasteiger partial charge in [-0.2, -0.15) is 0 Å². The molecule has 1 aromatic heterocycles. The molecule has 0 bridgehead atoms. The lowest BCUT2D eigenvalue weighted by Gasteiger charge is -2.32. The summed E-state index contributed by atoms with van der Waals surface area (Å²) in [7, 11) is -3.22. The third kappa shape index (κ3) is 3.31. The van der Waals surface area contributed by atoms with Crippen LogP contribution in [0.1, 0.15) is 12.8 Å². The number of nitro benzene ring substituents is 1. The minimum Gasteiger partial charge on any atom is -0.380 e. The predicted octanol–water partition coefficient (Wildman–Crippen LogP) is 1.98. The maximum absolute atomic E-state index is 11.7. The molecule has 1 N–H and O–H groups in total. The Labute approximate surface area is 139 Å². The summed E-state index contributed by atoms with van der Waals surface area (Å²) in [5.74, 6) is 0. The summed E-state index contributed by atoms with van der Waals surface area (Å²) in [6.45, 7) is 0.921. The van der Waals surface area contributed by atoms with Crippen molar-refractivity contribution >= 4 is 32.2 Å². The molecule has 0 saturated carbocycles. The molecule has 1 aliphatic rings. The molecule has 0 amide bonds. The number of anilines is 1. The van der Waals surface area contributed by atoms with E-state index in [0.29, 0.717) is 23.9 Å². The van der Waals surface area contributed by atoms with Crippen molar-refractivity contribution in [1.29, 1.82) is 0 Å². The van der Waals surface area contributed by atoms with Gasteiger partial charge in [0.25, 0.3) is 5.69 Å². The number of nitrogens with zero attached hydrogens (tertiary/aromatic N) is 3. The van der Waals surface area contributed by atoms with Gasteiger partial charge in [-0.05, 0) is 25.0 Å². The first kappa shape index (κ1) is 16.6. The number of fused-ring (bicyclic) bond motifs is 1. The van der Waals surface area contributed by atoms with Gasteiger partial charge in [-0.1, -0.05) is 0 Å². The van der Waals surface area contributed by atoms with E-state index in [1.807, 2.05) is 0 Å². The number of piperidine rings is 1. The molecule has 2 aromatic rings. The van der Waals surface area contributed by atoms with E-state index in [9.17, 15) is 18.5 Å². The van der Waals surface area contributed by atoms with Crippen LogP contribution in [-0.2, 0) is 10.0 Å². The minimum absolute atomic E-state index is 0.00468. The molecule has 1 saturated heterocycles. The van der Waals surface area contributed by atoms with E-state index >= 15 is 0 Å². The Bertz CT molecular complexity index is 884. The maximum atomic E-state index is 11.7. The summed E-state index contributed by atoms with van der Waals surface area (Å²) in [5.41, 5.74) is 0.753. The number of nitrogens with one attached hydrogen (secondary N) is 1. The van der Waals surface area contributed by atoms with Crippen molar-refractivity contribution in [3.8, 4) is 0 Å². The van der Waals surface area contributed by atoms with Crippen LogP contribution >= 0.6 is 0 Å². The molecule has 128 valence electrons. The number of non-ortho nitro benzene ring substituents is 1. The Morgan fingerprint density at radius 1 is 1.33 bits per heavy atom. The smallest absolute Gasteiger partial charge is 0.278 e. The van der Waals surface area contributed by atoms with Gasteiger partial charge in [0.15, 0.2) is 0 Å². The van der Waals surface area contributed by atoms with Crippen LogP contribution < -0.4 is 5.32 Å². The van der Waals surface area contributed by atoms with Crippen LogP contribution in [0.5, 0.6) is 0 Å². The number of hydrogen-bond acceptors (Lipinski definition) is 6. The zero-order valence-electron chi connectivity index (χ0n) is 13.2. The summed E-state index contributed by atoms with van der Waals surface area (Å²) < 4.78 is 24.9. The minimum atomic E-state index is -3.22. The van der Waals surface area contributed by atoms with E-state index < -0.39 is 14.9 Å². The van der Waals surface area contributed by atoms with Crippen molar-refractivity contribution in [3.63, 3.8) is 0 Å². The van der Waals surface area contributed by atoms with Crippen LogP contribution in [0.15, 0.2) is 30.6 Å². The number of rotatable bonds is 4. The molecule has 1 fully saturated rings. The Hall–Kier alpha value is -2.26. The van der Waals surface area contributed by atoms with Crippen LogP contribution in [0, 0.1) is 10.1 Å². The number of benzene rings is 1. The normalized spacial score (nSPS) is 19.3. The lowest BCUT2D eigenvalue weighted by molar-refractivity contribution is -0.383. The fourth-order valence-electron chi connectivity index (χ4n) is 3.04. The van der Waals surface area contributed by atoms with Crippen molar-refractivity contribution in [1.82, 2.24) is 9.29 Å². The standard InChI is InChI=1S/C15H18N4O4S/c1-24(22,23)18-8-2-3-11(10-18)17-14-4-5-15(19(20)21)13-9-16-7-6-12(13)14/h4-7,9,11,17H,2-3,8,10H2,1H3. The quantitative estimate of drug-likeness (QED) is 0.668. The first-order valence-electron chi connectivity index (χ1n) is 7.59. The summed E-state index contributed by atoms with van der Waals surface area (Å²) in [4.78, 5) is 14.7. The van der Waals surface area contributed by atoms with E-state index in [-0.39, 0.29) is 11.7 Å². The summed E-state index contributed by atoms with van der Waals surface area (Å²) in [6.07, 6.45) is 5.89. The Kier molecular flexibility index (Phi) is 4.37. The van der Waals surface area contributed by atoms with E-state index in [0.717, 1.165) is 18.5 Å². The third-order valence-electron chi connectivity index (χ3n) is 4.20. The van der Waals surface area contributed by atoms with Crippen LogP contribution in [0.3, 0.4) is 0 Å². The van der Waals surface area contributed by atoms with Gasteiger partial charge in [-0.25, -0.2) is 12.7 Å². The van der Waals surface area contributed by atoms with Crippen molar-refractivity contribution in [3.05, 3.63) is 40.7 Å². The molecule has 9 heteroatoms. The lowest BCUT2D eigenvalue weighted by Crippen LogP contribution is -2.44. The van der Waals surface area contributed by atoms with Crippen LogP contribution in [-0.4, -0.2) is 48.0 Å². The molecular weight excluding hydrogens is 332 g/mol. The van der Waals surface area contributed by atoms with Gasteiger partial charge in [0.2, 0.25) is 10.0 Å². The molecule has 1 aromatic carbocycles. The average Bonchev–Trinajstić information content (AvgIpc) is 2.54. The Morgan fingerprint density at radius 2 is 2.12 bits per heavy atom. The molecule has 8 nitrogen and oxygen atoms in total. The summed E-state index contributed by atoms with van der Waals surface area (Å²) in [5, 5.41) is 15.7. The second kappa shape index (κ2) is 6.33. The zero-order chi connectivity index (χ0) is 17.3. The highest BCUT2D eigenvalue weighted by Crippen LogP contribution is 2.31. The predicted molar refractivity (Wildman–Crippen MR) is 91.5 cm³/mol. The highest BCUT2D eigenvalue weighted by Gasteiger charge is 2.26. The highest BCUT2D eigenvalue weighted by molar-refractivity contribution is 7.88. The third-order valence-corrected chi connectivity index (χ3v) is 5.47. The van der Waals surface area contributed by atoms with Crippen molar-refractivity contribution < 1.29 is 13.3 Å². The van der Waals surface area contributed by atoms with Gasteiger partial charge in [0, 0.05) is 48.7 Å². The molecule has 1 aliphatic heterocycles. The summed E-state index contributed by atoms with van der Waals surface area (Å²) in [6, 6.07) is 4.80. The first-order valence-corrected chi connectivity index (χ1v) is 9.44. The molecule has 1 unspecified atom stereocenters. The second-order valence-corrected chi connectivity index (χ2v) is 7.90. The Balaban J connectivity index is 1.91. The van der Waals surface area contributed by atoms with Gasteiger partial charge >= 0.3 is 0 Å². The fourth-order valence-corrected chi connectivity index (χ4v) is 3.95. The van der Waals surface area contributed by atoms with Gasteiger partial charge in [-0.3, -0.25) is 15.1 Å². The SMILES string of the molecule is CS(=O)(=O)N1CCCC(Nc2ccc([N+](=O)[O-])c3cnccc23)C1. The van der Waals surface area contributed by atoms with Gasteiger partial charge in [0.05, 0.1) is 16.6 Å². The topological polar surface area (TPSA) is 105 Å². The van der Waals surface area contributed by atoms with E-state index in [1.165, 1.54) is 22.8 Å². The monoisotopic (exact) mass is 350 g/mol. The maximum Gasteiger partial charge on any atom is 0.278 e. The summed E-state index contributed by atoms with van der Waals surface area (Å²) >= 11 is 0. The second-order valence-electron chi connectivity index (χ2n) is 5.92. The lowest BCUT2D eigenvalue weighted by atomic mass is 10.0. The molecule has 3 rings (SSSR count). The Morgan fingerprint density at radius 3 is 2.83 bits per heavy atom. The number of hydrogen-bond donors (Lipinski definition) is 1. The fraction of sp³-hybridized carbons (Fsp3) is 0.400. The number of pyridine rings is 1. The van der Waals surface area contributed by atoms with E-state index in [4.69, 9.17) is 0 Å². The molecule has 0 spiro atoms. The average molecular weight is 350 g/mol. The van der Waals surface area contributed by atoms with Crippen LogP contribution in [0.25, 0.3) is 10.8 Å². The molecule has 0 radical (unpaired) electrons. The first-order chi connectivity index (χ1) is 11.4. The number of aromatic nitrogens is 1. The molecule has 24 heavy (non-hydrogen) atoms. The number of sulfonamides is 1. The molecule has 0 aliphatic carbocycles. The van der Waals surface area contributed by atoms with Crippen LogP contribution in [0.4, 0.5) is 11.4 Å². The van der Waals surface area contributed by atoms with Crippen molar-refractivity contribution in [2.24, 2.45) is 0 Å². The van der Waals surface area contributed by atoms with Gasteiger partial charge in [0.1, 0.15) is 0 Å².